The Balaban J connectivity index is 1.50. The van der Waals surface area contributed by atoms with Crippen LogP contribution >= 0.6 is 0 Å². The molecule has 36 heavy (non-hydrogen) atoms. The highest BCUT2D eigenvalue weighted by atomic mass is 16.6. The Kier molecular flexibility index (Phi) is 7.18. The summed E-state index contributed by atoms with van der Waals surface area (Å²) in [6.07, 6.45) is 3.42. The van der Waals surface area contributed by atoms with E-state index in [1.807, 2.05) is 54.3 Å². The molecule has 1 amide bonds. The maximum absolute atomic E-state index is 13.3. The number of aromatic nitrogens is 2. The minimum absolute atomic E-state index is 0.150. The highest BCUT2D eigenvalue weighted by Crippen LogP contribution is 2.45. The molecule has 4 heterocycles. The lowest BCUT2D eigenvalue weighted by atomic mass is 9.63. The average molecular weight is 487 g/mol. The summed E-state index contributed by atoms with van der Waals surface area (Å²) >= 11 is 0. The van der Waals surface area contributed by atoms with Gasteiger partial charge in [-0.25, -0.2) is 9.78 Å². The molecule has 2 atom stereocenters. The minimum Gasteiger partial charge on any atom is -0.477 e. The third-order valence-electron chi connectivity index (χ3n) is 7.53. The first-order valence-electron chi connectivity index (χ1n) is 12.9. The van der Waals surface area contributed by atoms with Crippen LogP contribution in [0.15, 0.2) is 60.8 Å². The number of carbonyl (C=O) groups excluding carboxylic acids is 1. The zero-order chi connectivity index (χ0) is 25.0. The molecule has 7 heteroatoms. The van der Waals surface area contributed by atoms with Crippen LogP contribution in [0.2, 0.25) is 0 Å². The van der Waals surface area contributed by atoms with Gasteiger partial charge in [0.1, 0.15) is 6.61 Å². The smallest absolute Gasteiger partial charge is 0.410 e. The Morgan fingerprint density at radius 2 is 2.00 bits per heavy atom. The largest absolute Gasteiger partial charge is 0.477 e. The number of hydrogen-bond acceptors (Lipinski definition) is 6. The first-order chi connectivity index (χ1) is 17.6. The predicted octanol–water partition coefficient (Wildman–Crippen LogP) is 4.95. The molecule has 0 saturated carbocycles. The molecule has 0 unspecified atom stereocenters. The number of rotatable bonds is 6. The van der Waals surface area contributed by atoms with Gasteiger partial charge in [0.2, 0.25) is 5.88 Å². The van der Waals surface area contributed by atoms with Crippen LogP contribution in [-0.4, -0.2) is 47.2 Å². The van der Waals surface area contributed by atoms with E-state index in [2.05, 4.69) is 29.4 Å². The van der Waals surface area contributed by atoms with Crippen molar-refractivity contribution in [1.82, 2.24) is 20.2 Å². The highest BCUT2D eigenvalue weighted by molar-refractivity contribution is 5.70. The molecule has 1 spiro atoms. The highest BCUT2D eigenvalue weighted by Gasteiger charge is 2.48. The van der Waals surface area contributed by atoms with E-state index in [0.29, 0.717) is 31.5 Å². The maximum atomic E-state index is 13.3. The van der Waals surface area contributed by atoms with Crippen LogP contribution in [0.4, 0.5) is 4.79 Å². The van der Waals surface area contributed by atoms with Crippen molar-refractivity contribution in [3.63, 3.8) is 0 Å². The van der Waals surface area contributed by atoms with Crippen molar-refractivity contribution in [1.29, 1.82) is 0 Å². The summed E-state index contributed by atoms with van der Waals surface area (Å²) in [6.45, 7) is 7.89. The zero-order valence-electron chi connectivity index (χ0n) is 21.1. The van der Waals surface area contributed by atoms with Gasteiger partial charge in [-0.3, -0.25) is 4.98 Å². The Morgan fingerprint density at radius 1 is 1.14 bits per heavy atom. The standard InChI is InChI=1S/C29H34N4O3/c1-3-22-17-30-16-14-29(22)20-33(28(34)36-19-21-9-6-5-7-10-21)18-26-24(29)12-13-25(32-26)23-11-8-15-31-27(23)35-4-2/h5-13,15,22,30H,3-4,14,16-20H2,1-2H3/t22-,29+/m1/s1. The average Bonchev–Trinajstić information content (AvgIpc) is 2.92. The van der Waals surface area contributed by atoms with Gasteiger partial charge in [-0.05, 0) is 61.7 Å². The van der Waals surface area contributed by atoms with Gasteiger partial charge in [0.05, 0.1) is 30.1 Å². The molecular weight excluding hydrogens is 452 g/mol. The second-order valence-electron chi connectivity index (χ2n) is 9.59. The number of carbonyl (C=O) groups is 1. The molecule has 188 valence electrons. The van der Waals surface area contributed by atoms with Crippen molar-refractivity contribution in [3.05, 3.63) is 77.6 Å². The Hall–Kier alpha value is -3.45. The summed E-state index contributed by atoms with van der Waals surface area (Å²) in [5, 5.41) is 3.56. The van der Waals surface area contributed by atoms with Crippen molar-refractivity contribution >= 4 is 6.09 Å². The van der Waals surface area contributed by atoms with Gasteiger partial charge in [0.25, 0.3) is 0 Å². The molecule has 7 nitrogen and oxygen atoms in total. The van der Waals surface area contributed by atoms with E-state index in [9.17, 15) is 4.79 Å². The predicted molar refractivity (Wildman–Crippen MR) is 139 cm³/mol. The Labute approximate surface area is 212 Å². The molecule has 3 aromatic rings. The lowest BCUT2D eigenvalue weighted by Crippen LogP contribution is -2.57. The number of ether oxygens (including phenoxy) is 2. The van der Waals surface area contributed by atoms with Crippen molar-refractivity contribution in [2.45, 2.75) is 45.3 Å². The zero-order valence-corrected chi connectivity index (χ0v) is 21.1. The number of pyridine rings is 2. The molecule has 5 rings (SSSR count). The second-order valence-corrected chi connectivity index (χ2v) is 9.59. The number of piperidine rings is 1. The summed E-state index contributed by atoms with van der Waals surface area (Å²) in [7, 11) is 0. The summed E-state index contributed by atoms with van der Waals surface area (Å²) in [4.78, 5) is 24.7. The van der Waals surface area contributed by atoms with Gasteiger partial charge in [0, 0.05) is 18.2 Å². The van der Waals surface area contributed by atoms with Gasteiger partial charge in [-0.15, -0.1) is 0 Å². The summed E-state index contributed by atoms with van der Waals surface area (Å²) in [5.41, 5.74) is 4.68. The van der Waals surface area contributed by atoms with Crippen LogP contribution in [0, 0.1) is 5.92 Å². The fraction of sp³-hybridized carbons (Fsp3) is 0.414. The van der Waals surface area contributed by atoms with E-state index in [1.54, 1.807) is 6.20 Å². The lowest BCUT2D eigenvalue weighted by Gasteiger charge is -2.50. The van der Waals surface area contributed by atoms with Crippen LogP contribution in [-0.2, 0) is 23.3 Å². The van der Waals surface area contributed by atoms with Gasteiger partial charge in [-0.2, -0.15) is 0 Å². The molecule has 1 saturated heterocycles. The number of fused-ring (bicyclic) bond motifs is 2. The Bertz CT molecular complexity index is 1200. The molecule has 2 aliphatic rings. The molecule has 0 aliphatic carbocycles. The van der Waals surface area contributed by atoms with Gasteiger partial charge in [-0.1, -0.05) is 49.7 Å². The molecule has 0 radical (unpaired) electrons. The monoisotopic (exact) mass is 486 g/mol. The third kappa shape index (κ3) is 4.67. The third-order valence-corrected chi connectivity index (χ3v) is 7.53. The maximum Gasteiger partial charge on any atom is 0.410 e. The summed E-state index contributed by atoms with van der Waals surface area (Å²) < 4.78 is 11.5. The van der Waals surface area contributed by atoms with Crippen LogP contribution in [0.5, 0.6) is 5.88 Å². The number of hydrogen-bond donors (Lipinski definition) is 1. The van der Waals surface area contributed by atoms with Crippen molar-refractivity contribution in [3.8, 4) is 17.1 Å². The minimum atomic E-state index is -0.291. The van der Waals surface area contributed by atoms with Gasteiger partial charge < -0.3 is 19.7 Å². The van der Waals surface area contributed by atoms with E-state index >= 15 is 0 Å². The molecule has 0 bridgehead atoms. The number of amides is 1. The number of benzene rings is 1. The second kappa shape index (κ2) is 10.7. The van der Waals surface area contributed by atoms with E-state index in [-0.39, 0.29) is 18.1 Å². The van der Waals surface area contributed by atoms with E-state index in [0.717, 1.165) is 48.4 Å². The number of nitrogens with zero attached hydrogens (tertiary/aromatic N) is 3. The van der Waals surface area contributed by atoms with E-state index < -0.39 is 0 Å². The van der Waals surface area contributed by atoms with Crippen LogP contribution in [0.1, 0.15) is 43.5 Å². The topological polar surface area (TPSA) is 76.6 Å². The first-order valence-corrected chi connectivity index (χ1v) is 12.9. The first kappa shape index (κ1) is 24.3. The van der Waals surface area contributed by atoms with Crippen LogP contribution in [0.25, 0.3) is 11.3 Å². The number of nitrogens with one attached hydrogen (secondary N) is 1. The molecule has 2 aliphatic heterocycles. The van der Waals surface area contributed by atoms with Crippen LogP contribution < -0.4 is 10.1 Å². The van der Waals surface area contributed by atoms with E-state index in [1.165, 1.54) is 5.56 Å². The normalized spacial score (nSPS) is 21.2. The SMILES string of the molecule is CCOc1ncccc1-c1ccc2c(n1)CN(C(=O)OCc1ccccc1)C[C@]21CCNC[C@H]1CC. The fourth-order valence-corrected chi connectivity index (χ4v) is 5.75. The summed E-state index contributed by atoms with van der Waals surface area (Å²) in [5.74, 6) is 0.977. The molecule has 1 N–H and O–H groups in total. The molecule has 1 fully saturated rings. The van der Waals surface area contributed by atoms with Crippen LogP contribution in [0.3, 0.4) is 0 Å². The van der Waals surface area contributed by atoms with Crippen molar-refractivity contribution < 1.29 is 14.3 Å². The lowest BCUT2D eigenvalue weighted by molar-refractivity contribution is 0.0571. The fourth-order valence-electron chi connectivity index (χ4n) is 5.75. The van der Waals surface area contributed by atoms with Crippen molar-refractivity contribution in [2.75, 3.05) is 26.2 Å². The van der Waals surface area contributed by atoms with Crippen molar-refractivity contribution in [2.24, 2.45) is 5.92 Å². The Morgan fingerprint density at radius 3 is 2.81 bits per heavy atom. The van der Waals surface area contributed by atoms with Gasteiger partial charge >= 0.3 is 6.09 Å². The molecule has 2 aromatic heterocycles. The molecule has 1 aromatic carbocycles. The van der Waals surface area contributed by atoms with E-state index in [4.69, 9.17) is 14.5 Å². The molecular formula is C29H34N4O3. The summed E-state index contributed by atoms with van der Waals surface area (Å²) in [6, 6.07) is 18.0. The van der Waals surface area contributed by atoms with Gasteiger partial charge in [0.15, 0.2) is 0 Å². The quantitative estimate of drug-likeness (QED) is 0.531.